The van der Waals surface area contributed by atoms with E-state index >= 15 is 0 Å². The first-order valence-corrected chi connectivity index (χ1v) is 7.72. The van der Waals surface area contributed by atoms with Crippen LogP contribution in [0.5, 0.6) is 0 Å². The molecule has 0 fully saturated rings. The van der Waals surface area contributed by atoms with E-state index in [1.54, 1.807) is 0 Å². The van der Waals surface area contributed by atoms with Gasteiger partial charge in [0.25, 0.3) is 0 Å². The second-order valence-corrected chi connectivity index (χ2v) is 6.59. The number of anilines is 1. The van der Waals surface area contributed by atoms with Gasteiger partial charge in [-0.25, -0.2) is 4.79 Å². The highest BCUT2D eigenvalue weighted by atomic mass is 16.6. The number of ether oxygens (including phenoxy) is 1. The lowest BCUT2D eigenvalue weighted by Crippen LogP contribution is -2.32. The zero-order chi connectivity index (χ0) is 16.9. The lowest BCUT2D eigenvalue weighted by molar-refractivity contribution is 0.0523. The number of hydrogen-bond acceptors (Lipinski definition) is 3. The number of aryl methyl sites for hydroxylation is 1. The summed E-state index contributed by atoms with van der Waals surface area (Å²) in [6.45, 7) is 6.75. The van der Waals surface area contributed by atoms with Crippen LogP contribution in [0, 0.1) is 0 Å². The van der Waals surface area contributed by atoms with Crippen molar-refractivity contribution < 1.29 is 9.53 Å². The van der Waals surface area contributed by atoms with Crippen molar-refractivity contribution in [3.05, 3.63) is 53.9 Å². The number of carbonyl (C=O) groups is 1. The molecule has 0 aliphatic heterocycles. The van der Waals surface area contributed by atoms with Crippen molar-refractivity contribution in [1.82, 2.24) is 9.88 Å². The van der Waals surface area contributed by atoms with Gasteiger partial charge < -0.3 is 19.9 Å². The summed E-state index contributed by atoms with van der Waals surface area (Å²) in [4.78, 5) is 11.7. The van der Waals surface area contributed by atoms with Gasteiger partial charge in [-0.15, -0.1) is 0 Å². The number of nitrogens with zero attached hydrogens (tertiary/aromatic N) is 1. The van der Waals surface area contributed by atoms with E-state index in [1.165, 1.54) is 5.56 Å². The number of benzene rings is 1. The molecule has 1 heterocycles. The van der Waals surface area contributed by atoms with E-state index < -0.39 is 11.7 Å². The molecule has 5 nitrogen and oxygen atoms in total. The van der Waals surface area contributed by atoms with E-state index in [1.807, 2.05) is 62.8 Å². The third kappa shape index (κ3) is 6.06. The molecule has 2 rings (SSSR count). The van der Waals surface area contributed by atoms with Gasteiger partial charge in [-0.2, -0.15) is 0 Å². The quantitative estimate of drug-likeness (QED) is 0.885. The van der Waals surface area contributed by atoms with Crippen LogP contribution in [0.3, 0.4) is 0 Å². The molecule has 2 N–H and O–H groups in total. The van der Waals surface area contributed by atoms with E-state index in [0.717, 1.165) is 17.8 Å². The Morgan fingerprint density at radius 1 is 1.17 bits per heavy atom. The van der Waals surface area contributed by atoms with Crippen molar-refractivity contribution in [3.8, 4) is 0 Å². The molecule has 1 aromatic heterocycles. The van der Waals surface area contributed by atoms with E-state index in [0.29, 0.717) is 6.54 Å². The third-order valence-corrected chi connectivity index (χ3v) is 3.15. The number of nitrogens with one attached hydrogen (secondary N) is 2. The van der Waals surface area contributed by atoms with Gasteiger partial charge in [0.2, 0.25) is 0 Å². The summed E-state index contributed by atoms with van der Waals surface area (Å²) in [6, 6.07) is 10.1. The lowest BCUT2D eigenvalue weighted by Gasteiger charge is -2.19. The highest BCUT2D eigenvalue weighted by Gasteiger charge is 2.15. The minimum absolute atomic E-state index is 0.403. The van der Waals surface area contributed by atoms with E-state index in [2.05, 4.69) is 22.9 Å². The normalized spacial score (nSPS) is 11.1. The topological polar surface area (TPSA) is 55.3 Å². The molecule has 2 aromatic rings. The average Bonchev–Trinajstić information content (AvgIpc) is 2.87. The molecule has 0 aliphatic rings. The van der Waals surface area contributed by atoms with Crippen LogP contribution in [0.2, 0.25) is 0 Å². The Labute approximate surface area is 137 Å². The number of alkyl carbamates (subject to hydrolysis) is 1. The Hall–Kier alpha value is -2.43. The summed E-state index contributed by atoms with van der Waals surface area (Å²) in [5.74, 6) is 0. The maximum absolute atomic E-state index is 11.7. The Bertz CT molecular complexity index is 656. The van der Waals surface area contributed by atoms with Gasteiger partial charge >= 0.3 is 6.09 Å². The summed E-state index contributed by atoms with van der Waals surface area (Å²) in [5, 5.41) is 6.15. The molecule has 0 atom stereocenters. The zero-order valence-electron chi connectivity index (χ0n) is 14.2. The summed E-state index contributed by atoms with van der Waals surface area (Å²) in [5.41, 5.74) is 2.79. The molecule has 0 saturated carbocycles. The van der Waals surface area contributed by atoms with Crippen LogP contribution in [0.25, 0.3) is 0 Å². The van der Waals surface area contributed by atoms with Crippen molar-refractivity contribution in [1.29, 1.82) is 0 Å². The van der Waals surface area contributed by atoms with Gasteiger partial charge in [-0.3, -0.25) is 0 Å². The number of hydrogen-bond donors (Lipinski definition) is 2. The first-order chi connectivity index (χ1) is 10.8. The summed E-state index contributed by atoms with van der Waals surface area (Å²) >= 11 is 0. The van der Waals surface area contributed by atoms with Crippen LogP contribution in [-0.2, 0) is 24.9 Å². The Morgan fingerprint density at radius 3 is 2.61 bits per heavy atom. The number of amides is 1. The second kappa shape index (κ2) is 7.22. The molecule has 0 bridgehead atoms. The fourth-order valence-electron chi connectivity index (χ4n) is 2.15. The first kappa shape index (κ1) is 16.9. The van der Waals surface area contributed by atoms with Gasteiger partial charge in [-0.1, -0.05) is 12.1 Å². The van der Waals surface area contributed by atoms with Crippen LogP contribution in [0.4, 0.5) is 10.5 Å². The smallest absolute Gasteiger partial charge is 0.407 e. The van der Waals surface area contributed by atoms with Crippen molar-refractivity contribution in [2.45, 2.75) is 39.5 Å². The molecule has 124 valence electrons. The largest absolute Gasteiger partial charge is 0.444 e. The molecular formula is C18H25N3O2. The van der Waals surface area contributed by atoms with Crippen molar-refractivity contribution in [3.63, 3.8) is 0 Å². The van der Waals surface area contributed by atoms with Gasteiger partial charge in [0.05, 0.1) is 0 Å². The SMILES string of the molecule is Cn1ccc(CNc2cccc(CNC(=O)OC(C)(C)C)c2)c1. The molecule has 1 amide bonds. The van der Waals surface area contributed by atoms with Crippen LogP contribution < -0.4 is 10.6 Å². The Morgan fingerprint density at radius 2 is 1.96 bits per heavy atom. The third-order valence-electron chi connectivity index (χ3n) is 3.15. The molecule has 0 saturated heterocycles. The van der Waals surface area contributed by atoms with Gasteiger partial charge in [-0.05, 0) is 50.1 Å². The predicted octanol–water partition coefficient (Wildman–Crippen LogP) is 3.66. The minimum Gasteiger partial charge on any atom is -0.444 e. The zero-order valence-corrected chi connectivity index (χ0v) is 14.2. The number of rotatable bonds is 5. The maximum atomic E-state index is 11.7. The molecule has 0 aliphatic carbocycles. The standard InChI is InChI=1S/C18H25N3O2/c1-18(2,3)23-17(22)20-11-14-6-5-7-16(10-14)19-12-15-8-9-21(4)13-15/h5-10,13,19H,11-12H2,1-4H3,(H,20,22). The van der Waals surface area contributed by atoms with Crippen LogP contribution in [-0.4, -0.2) is 16.3 Å². The van der Waals surface area contributed by atoms with E-state index in [-0.39, 0.29) is 0 Å². The van der Waals surface area contributed by atoms with Gasteiger partial charge in [0.15, 0.2) is 0 Å². The fourth-order valence-corrected chi connectivity index (χ4v) is 2.15. The van der Waals surface area contributed by atoms with Crippen molar-refractivity contribution in [2.24, 2.45) is 7.05 Å². The van der Waals surface area contributed by atoms with Crippen molar-refractivity contribution >= 4 is 11.8 Å². The molecule has 0 unspecified atom stereocenters. The number of carbonyl (C=O) groups excluding carboxylic acids is 1. The Kier molecular flexibility index (Phi) is 5.32. The summed E-state index contributed by atoms with van der Waals surface area (Å²) in [7, 11) is 2.01. The lowest BCUT2D eigenvalue weighted by atomic mass is 10.2. The average molecular weight is 315 g/mol. The highest BCUT2D eigenvalue weighted by Crippen LogP contribution is 2.13. The molecule has 0 spiro atoms. The van der Waals surface area contributed by atoms with Crippen LogP contribution in [0.1, 0.15) is 31.9 Å². The van der Waals surface area contributed by atoms with E-state index in [9.17, 15) is 4.79 Å². The Balaban J connectivity index is 1.85. The predicted molar refractivity (Wildman–Crippen MR) is 92.3 cm³/mol. The summed E-state index contributed by atoms with van der Waals surface area (Å²) in [6.07, 6.45) is 3.71. The van der Waals surface area contributed by atoms with Crippen LogP contribution in [0.15, 0.2) is 42.7 Å². The fraction of sp³-hybridized carbons (Fsp3) is 0.389. The van der Waals surface area contributed by atoms with Gasteiger partial charge in [0, 0.05) is 38.2 Å². The minimum atomic E-state index is -0.483. The molecular weight excluding hydrogens is 290 g/mol. The monoisotopic (exact) mass is 315 g/mol. The van der Waals surface area contributed by atoms with Crippen LogP contribution >= 0.6 is 0 Å². The maximum Gasteiger partial charge on any atom is 0.407 e. The molecule has 0 radical (unpaired) electrons. The molecule has 1 aromatic carbocycles. The first-order valence-electron chi connectivity index (χ1n) is 7.72. The second-order valence-electron chi connectivity index (χ2n) is 6.59. The summed E-state index contributed by atoms with van der Waals surface area (Å²) < 4.78 is 7.26. The van der Waals surface area contributed by atoms with Crippen molar-refractivity contribution in [2.75, 3.05) is 5.32 Å². The van der Waals surface area contributed by atoms with E-state index in [4.69, 9.17) is 4.74 Å². The molecule has 5 heteroatoms. The van der Waals surface area contributed by atoms with Gasteiger partial charge in [0.1, 0.15) is 5.60 Å². The number of aromatic nitrogens is 1. The highest BCUT2D eigenvalue weighted by molar-refractivity contribution is 5.67. The molecule has 23 heavy (non-hydrogen) atoms.